The number of urea groups is 1. The van der Waals surface area contributed by atoms with Crippen LogP contribution in [0.5, 0.6) is 0 Å². The van der Waals surface area contributed by atoms with E-state index in [1.807, 2.05) is 19.1 Å². The molecular weight excluding hydrogens is 260 g/mol. The third-order valence-corrected chi connectivity index (χ3v) is 2.69. The summed E-state index contributed by atoms with van der Waals surface area (Å²) in [5.41, 5.74) is 1.54. The van der Waals surface area contributed by atoms with Crippen molar-refractivity contribution in [2.24, 2.45) is 0 Å². The Labute approximate surface area is 117 Å². The number of carboxylic acids is 1. The van der Waals surface area contributed by atoms with Gasteiger partial charge in [0.25, 0.3) is 0 Å². The van der Waals surface area contributed by atoms with E-state index < -0.39 is 17.9 Å². The van der Waals surface area contributed by atoms with Crippen molar-refractivity contribution < 1.29 is 19.5 Å². The Morgan fingerprint density at radius 2 is 1.75 bits per heavy atom. The predicted octanol–water partition coefficient (Wildman–Crippen LogP) is 2.29. The molecule has 6 heteroatoms. The van der Waals surface area contributed by atoms with Gasteiger partial charge in [-0.15, -0.1) is 0 Å². The molecule has 20 heavy (non-hydrogen) atoms. The Balaban J connectivity index is 2.30. The summed E-state index contributed by atoms with van der Waals surface area (Å²) >= 11 is 0. The van der Waals surface area contributed by atoms with Crippen LogP contribution in [0.3, 0.4) is 0 Å². The lowest BCUT2D eigenvalue weighted by Gasteiger charge is -2.08. The van der Waals surface area contributed by atoms with Gasteiger partial charge in [-0.25, -0.2) is 4.79 Å². The van der Waals surface area contributed by atoms with Gasteiger partial charge in [0.05, 0.1) is 0 Å². The molecule has 0 unspecified atom stereocenters. The van der Waals surface area contributed by atoms with E-state index >= 15 is 0 Å². The molecule has 108 valence electrons. The summed E-state index contributed by atoms with van der Waals surface area (Å²) in [6.45, 7) is 1.85. The number of hydrogen-bond donors (Lipinski definition) is 3. The van der Waals surface area contributed by atoms with Crippen molar-refractivity contribution in [2.45, 2.75) is 32.6 Å². The number of carbonyl (C=O) groups is 3. The van der Waals surface area contributed by atoms with Gasteiger partial charge in [0.1, 0.15) is 0 Å². The molecule has 1 aromatic rings. The molecule has 0 aliphatic rings. The fourth-order valence-corrected chi connectivity index (χ4v) is 1.62. The number of unbranched alkanes of at least 4 members (excludes halogenated alkanes) is 1. The molecule has 0 saturated heterocycles. The van der Waals surface area contributed by atoms with Crippen molar-refractivity contribution in [3.05, 3.63) is 29.8 Å². The lowest BCUT2D eigenvalue weighted by molar-refractivity contribution is -0.137. The van der Waals surface area contributed by atoms with Gasteiger partial charge in [0, 0.05) is 18.5 Å². The summed E-state index contributed by atoms with van der Waals surface area (Å²) in [7, 11) is 0. The number of amides is 3. The minimum Gasteiger partial charge on any atom is -0.481 e. The van der Waals surface area contributed by atoms with E-state index in [4.69, 9.17) is 5.11 Å². The largest absolute Gasteiger partial charge is 0.481 e. The quantitative estimate of drug-likeness (QED) is 0.696. The number of benzene rings is 1. The monoisotopic (exact) mass is 278 g/mol. The minimum absolute atomic E-state index is 0.0304. The second-order valence-corrected chi connectivity index (χ2v) is 4.42. The highest BCUT2D eigenvalue weighted by Crippen LogP contribution is 2.12. The highest BCUT2D eigenvalue weighted by molar-refractivity contribution is 6.01. The summed E-state index contributed by atoms with van der Waals surface area (Å²) < 4.78 is 0. The molecule has 3 N–H and O–H groups in total. The smallest absolute Gasteiger partial charge is 0.325 e. The maximum absolute atomic E-state index is 11.6. The molecular formula is C14H18N2O4. The molecule has 0 heterocycles. The lowest BCUT2D eigenvalue weighted by atomic mass is 10.2. The number of nitrogens with one attached hydrogen (secondary N) is 2. The van der Waals surface area contributed by atoms with Crippen LogP contribution >= 0.6 is 0 Å². The van der Waals surface area contributed by atoms with E-state index in [0.29, 0.717) is 18.5 Å². The van der Waals surface area contributed by atoms with Crippen LogP contribution in [0.2, 0.25) is 0 Å². The van der Waals surface area contributed by atoms with Crippen LogP contribution in [-0.2, 0) is 9.59 Å². The Hall–Kier alpha value is -2.37. The molecule has 0 aliphatic heterocycles. The second kappa shape index (κ2) is 7.93. The summed E-state index contributed by atoms with van der Waals surface area (Å²) in [6, 6.07) is 6.65. The highest BCUT2D eigenvalue weighted by Gasteiger charge is 2.09. The predicted molar refractivity (Wildman–Crippen MR) is 74.4 cm³/mol. The van der Waals surface area contributed by atoms with Gasteiger partial charge in [0.2, 0.25) is 5.91 Å². The first-order valence-corrected chi connectivity index (χ1v) is 6.37. The van der Waals surface area contributed by atoms with Crippen molar-refractivity contribution >= 4 is 23.6 Å². The minimum atomic E-state index is -0.886. The van der Waals surface area contributed by atoms with Crippen molar-refractivity contribution in [3.8, 4) is 0 Å². The number of anilines is 1. The summed E-state index contributed by atoms with van der Waals surface area (Å²) in [4.78, 5) is 33.3. The van der Waals surface area contributed by atoms with Crippen LogP contribution in [0, 0.1) is 6.92 Å². The average Bonchev–Trinajstić information content (AvgIpc) is 2.37. The van der Waals surface area contributed by atoms with Gasteiger partial charge in [-0.2, -0.15) is 0 Å². The fraction of sp³-hybridized carbons (Fsp3) is 0.357. The number of hydrogen-bond acceptors (Lipinski definition) is 3. The van der Waals surface area contributed by atoms with E-state index in [-0.39, 0.29) is 12.8 Å². The van der Waals surface area contributed by atoms with Crippen LogP contribution in [0.1, 0.15) is 31.2 Å². The molecule has 1 aromatic carbocycles. The molecule has 0 bridgehead atoms. The van der Waals surface area contributed by atoms with Gasteiger partial charge in [0.15, 0.2) is 0 Å². The first-order valence-electron chi connectivity index (χ1n) is 6.37. The Morgan fingerprint density at radius 1 is 1.10 bits per heavy atom. The molecule has 0 fully saturated rings. The number of carboxylic acid groups (broad SMARTS) is 1. The third kappa shape index (κ3) is 5.99. The third-order valence-electron chi connectivity index (χ3n) is 2.69. The molecule has 3 amide bonds. The van der Waals surface area contributed by atoms with E-state index in [1.165, 1.54) is 0 Å². The van der Waals surface area contributed by atoms with Crippen LogP contribution in [0.15, 0.2) is 24.3 Å². The molecule has 0 atom stereocenters. The number of para-hydroxylation sites is 1. The topological polar surface area (TPSA) is 95.5 Å². The van der Waals surface area contributed by atoms with Gasteiger partial charge in [-0.05, 0) is 31.4 Å². The number of aryl methyl sites for hydroxylation is 1. The Morgan fingerprint density at radius 3 is 2.40 bits per heavy atom. The summed E-state index contributed by atoms with van der Waals surface area (Å²) in [5.74, 6) is -1.30. The number of carbonyl (C=O) groups excluding carboxylic acids is 2. The van der Waals surface area contributed by atoms with Crippen LogP contribution in [0.4, 0.5) is 10.5 Å². The number of imide groups is 1. The first-order chi connectivity index (χ1) is 9.49. The Bertz CT molecular complexity index is 500. The van der Waals surface area contributed by atoms with E-state index in [0.717, 1.165) is 5.56 Å². The van der Waals surface area contributed by atoms with E-state index in [1.54, 1.807) is 12.1 Å². The van der Waals surface area contributed by atoms with Gasteiger partial charge >= 0.3 is 12.0 Å². The standard InChI is InChI=1S/C14H18N2O4/c1-10-6-2-3-7-11(10)15-14(20)16-12(17)8-4-5-9-13(18)19/h2-3,6-7H,4-5,8-9H2,1H3,(H,18,19)(H2,15,16,17,20). The van der Waals surface area contributed by atoms with Crippen molar-refractivity contribution in [2.75, 3.05) is 5.32 Å². The average molecular weight is 278 g/mol. The van der Waals surface area contributed by atoms with Crippen LogP contribution < -0.4 is 10.6 Å². The molecule has 0 spiro atoms. The van der Waals surface area contributed by atoms with E-state index in [9.17, 15) is 14.4 Å². The van der Waals surface area contributed by atoms with Crippen LogP contribution in [0.25, 0.3) is 0 Å². The SMILES string of the molecule is Cc1ccccc1NC(=O)NC(=O)CCCCC(=O)O. The van der Waals surface area contributed by atoms with Crippen LogP contribution in [-0.4, -0.2) is 23.0 Å². The summed E-state index contributed by atoms with van der Waals surface area (Å²) in [6.07, 6.45) is 1.02. The van der Waals surface area contributed by atoms with Crippen molar-refractivity contribution in [1.82, 2.24) is 5.32 Å². The van der Waals surface area contributed by atoms with Gasteiger partial charge in [-0.1, -0.05) is 18.2 Å². The molecule has 0 saturated carbocycles. The zero-order valence-electron chi connectivity index (χ0n) is 11.3. The van der Waals surface area contributed by atoms with Crippen molar-refractivity contribution in [1.29, 1.82) is 0 Å². The Kier molecular flexibility index (Phi) is 6.22. The lowest BCUT2D eigenvalue weighted by Crippen LogP contribution is -2.34. The molecule has 1 rings (SSSR count). The highest BCUT2D eigenvalue weighted by atomic mass is 16.4. The number of aliphatic carboxylic acids is 1. The van der Waals surface area contributed by atoms with E-state index in [2.05, 4.69) is 10.6 Å². The second-order valence-electron chi connectivity index (χ2n) is 4.42. The van der Waals surface area contributed by atoms with Crippen molar-refractivity contribution in [3.63, 3.8) is 0 Å². The maximum Gasteiger partial charge on any atom is 0.325 e. The number of rotatable bonds is 6. The normalized spacial score (nSPS) is 9.85. The zero-order valence-corrected chi connectivity index (χ0v) is 11.3. The summed E-state index contributed by atoms with van der Waals surface area (Å²) in [5, 5.41) is 13.2. The molecule has 0 aromatic heterocycles. The first kappa shape index (κ1) is 15.7. The fourth-order valence-electron chi connectivity index (χ4n) is 1.62. The molecule has 0 aliphatic carbocycles. The van der Waals surface area contributed by atoms with Gasteiger partial charge in [-0.3, -0.25) is 14.9 Å². The molecule has 6 nitrogen and oxygen atoms in total. The van der Waals surface area contributed by atoms with Gasteiger partial charge < -0.3 is 10.4 Å². The zero-order chi connectivity index (χ0) is 15.0. The maximum atomic E-state index is 11.6. The molecule has 0 radical (unpaired) electrons.